The molecular formula is C22H28N2O2S. The maximum Gasteiger partial charge on any atom is 0.243 e. The molecule has 0 aliphatic carbocycles. The summed E-state index contributed by atoms with van der Waals surface area (Å²) in [5, 5.41) is 0. The van der Waals surface area contributed by atoms with E-state index in [1.165, 1.54) is 16.7 Å². The van der Waals surface area contributed by atoms with Gasteiger partial charge in [-0.05, 0) is 74.6 Å². The summed E-state index contributed by atoms with van der Waals surface area (Å²) in [7, 11) is -3.41. The van der Waals surface area contributed by atoms with E-state index >= 15 is 0 Å². The van der Waals surface area contributed by atoms with Crippen LogP contribution in [0, 0.1) is 20.8 Å². The Kier molecular flexibility index (Phi) is 6.12. The summed E-state index contributed by atoms with van der Waals surface area (Å²) in [5.74, 6) is 0. The molecule has 0 saturated carbocycles. The molecule has 4 nitrogen and oxygen atoms in total. The first-order valence-electron chi connectivity index (χ1n) is 9.60. The van der Waals surface area contributed by atoms with Gasteiger partial charge in [0.2, 0.25) is 10.0 Å². The molecule has 2 aromatic rings. The number of benzene rings is 2. The lowest BCUT2D eigenvalue weighted by molar-refractivity contribution is 0.424. The van der Waals surface area contributed by atoms with Crippen LogP contribution in [0.5, 0.6) is 0 Å². The van der Waals surface area contributed by atoms with Gasteiger partial charge in [0.05, 0.1) is 10.6 Å². The van der Waals surface area contributed by atoms with Gasteiger partial charge in [-0.3, -0.25) is 4.99 Å². The Morgan fingerprint density at radius 3 is 2.00 bits per heavy atom. The lowest BCUT2D eigenvalue weighted by Crippen LogP contribution is -2.31. The van der Waals surface area contributed by atoms with Gasteiger partial charge in [-0.15, -0.1) is 0 Å². The van der Waals surface area contributed by atoms with Gasteiger partial charge in [-0.1, -0.05) is 30.5 Å². The van der Waals surface area contributed by atoms with E-state index < -0.39 is 10.0 Å². The molecule has 2 aromatic carbocycles. The molecule has 0 radical (unpaired) electrons. The average Bonchev–Trinajstić information content (AvgIpc) is 2.91. The SMILES string of the molecule is Cc1cc(C)c(C=Nc2ccc(S(=O)(=O)N3CCCCCC3)cc2)c(C)c1. The van der Waals surface area contributed by atoms with E-state index in [-0.39, 0.29) is 0 Å². The zero-order chi connectivity index (χ0) is 19.4. The van der Waals surface area contributed by atoms with Crippen molar-refractivity contribution in [3.05, 3.63) is 58.7 Å². The van der Waals surface area contributed by atoms with Crippen molar-refractivity contribution in [2.24, 2.45) is 4.99 Å². The highest BCUT2D eigenvalue weighted by Crippen LogP contribution is 2.23. The molecule has 1 aliphatic heterocycles. The average molecular weight is 385 g/mol. The van der Waals surface area contributed by atoms with E-state index in [1.54, 1.807) is 28.6 Å². The molecular weight excluding hydrogens is 356 g/mol. The van der Waals surface area contributed by atoms with Crippen LogP contribution in [-0.4, -0.2) is 32.0 Å². The van der Waals surface area contributed by atoms with E-state index in [1.807, 2.05) is 6.21 Å². The molecule has 0 atom stereocenters. The molecule has 27 heavy (non-hydrogen) atoms. The van der Waals surface area contributed by atoms with Gasteiger partial charge in [-0.25, -0.2) is 8.42 Å². The third-order valence-corrected chi connectivity index (χ3v) is 7.03. The van der Waals surface area contributed by atoms with E-state index in [9.17, 15) is 8.42 Å². The molecule has 3 rings (SSSR count). The highest BCUT2D eigenvalue weighted by Gasteiger charge is 2.24. The molecule has 1 aliphatic rings. The molecule has 144 valence electrons. The third-order valence-electron chi connectivity index (χ3n) is 5.12. The van der Waals surface area contributed by atoms with Crippen molar-refractivity contribution < 1.29 is 8.42 Å². The van der Waals surface area contributed by atoms with Gasteiger partial charge in [0.1, 0.15) is 0 Å². The second-order valence-electron chi connectivity index (χ2n) is 7.38. The van der Waals surface area contributed by atoms with Gasteiger partial charge in [-0.2, -0.15) is 4.31 Å². The first kappa shape index (κ1) is 19.8. The third kappa shape index (κ3) is 4.66. The van der Waals surface area contributed by atoms with Gasteiger partial charge in [0.15, 0.2) is 0 Å². The minimum absolute atomic E-state index is 0.353. The molecule has 1 heterocycles. The van der Waals surface area contributed by atoms with E-state index in [2.05, 4.69) is 37.9 Å². The molecule has 1 saturated heterocycles. The standard InChI is InChI=1S/C22H28N2O2S/c1-17-14-18(2)22(19(3)15-17)16-23-20-8-10-21(11-9-20)27(25,26)24-12-6-4-5-7-13-24/h8-11,14-16H,4-7,12-13H2,1-3H3. The lowest BCUT2D eigenvalue weighted by atomic mass is 10.0. The second-order valence-corrected chi connectivity index (χ2v) is 9.32. The van der Waals surface area contributed by atoms with Crippen LogP contribution in [0.4, 0.5) is 5.69 Å². The fourth-order valence-electron chi connectivity index (χ4n) is 3.67. The minimum atomic E-state index is -3.41. The number of hydrogen-bond acceptors (Lipinski definition) is 3. The van der Waals surface area contributed by atoms with Gasteiger partial charge >= 0.3 is 0 Å². The highest BCUT2D eigenvalue weighted by molar-refractivity contribution is 7.89. The lowest BCUT2D eigenvalue weighted by Gasteiger charge is -2.19. The fraction of sp³-hybridized carbons (Fsp3) is 0.409. The maximum absolute atomic E-state index is 12.8. The van der Waals surface area contributed by atoms with Gasteiger partial charge in [0, 0.05) is 19.3 Å². The van der Waals surface area contributed by atoms with Crippen LogP contribution in [-0.2, 0) is 10.0 Å². The van der Waals surface area contributed by atoms with Crippen LogP contribution in [0.15, 0.2) is 46.3 Å². The summed E-state index contributed by atoms with van der Waals surface area (Å²) >= 11 is 0. The van der Waals surface area contributed by atoms with Crippen molar-refractivity contribution in [3.8, 4) is 0 Å². The van der Waals surface area contributed by atoms with Crippen LogP contribution in [0.1, 0.15) is 47.9 Å². The summed E-state index contributed by atoms with van der Waals surface area (Å²) in [6.45, 7) is 7.49. The number of aryl methyl sites for hydroxylation is 3. The van der Waals surface area contributed by atoms with E-state index in [0.717, 1.165) is 36.9 Å². The van der Waals surface area contributed by atoms with Crippen molar-refractivity contribution >= 4 is 21.9 Å². The van der Waals surface area contributed by atoms with Crippen LogP contribution >= 0.6 is 0 Å². The van der Waals surface area contributed by atoms with Gasteiger partial charge < -0.3 is 0 Å². The Hall–Kier alpha value is -1.98. The van der Waals surface area contributed by atoms with Crippen molar-refractivity contribution in [1.82, 2.24) is 4.31 Å². The Morgan fingerprint density at radius 2 is 1.44 bits per heavy atom. The molecule has 0 N–H and O–H groups in total. The molecule has 0 amide bonds. The molecule has 0 aromatic heterocycles. The predicted molar refractivity (Wildman–Crippen MR) is 112 cm³/mol. The number of rotatable bonds is 4. The van der Waals surface area contributed by atoms with Crippen molar-refractivity contribution in [2.45, 2.75) is 51.3 Å². The van der Waals surface area contributed by atoms with Crippen LogP contribution in [0.25, 0.3) is 0 Å². The highest BCUT2D eigenvalue weighted by atomic mass is 32.2. The largest absolute Gasteiger partial charge is 0.256 e. The molecule has 0 bridgehead atoms. The number of nitrogens with zero attached hydrogens (tertiary/aromatic N) is 2. The number of sulfonamides is 1. The van der Waals surface area contributed by atoms with Crippen LogP contribution in [0.2, 0.25) is 0 Å². The molecule has 5 heteroatoms. The Morgan fingerprint density at radius 1 is 0.889 bits per heavy atom. The normalized spacial score (nSPS) is 16.6. The summed E-state index contributed by atoms with van der Waals surface area (Å²) in [6, 6.07) is 11.2. The number of aliphatic imine (C=N–C) groups is 1. The maximum atomic E-state index is 12.8. The zero-order valence-corrected chi connectivity index (χ0v) is 17.2. The van der Waals surface area contributed by atoms with E-state index in [0.29, 0.717) is 18.0 Å². The zero-order valence-electron chi connectivity index (χ0n) is 16.4. The first-order chi connectivity index (χ1) is 12.9. The molecule has 1 fully saturated rings. The first-order valence-corrected chi connectivity index (χ1v) is 11.0. The molecule has 0 unspecified atom stereocenters. The second kappa shape index (κ2) is 8.36. The number of hydrogen-bond donors (Lipinski definition) is 0. The smallest absolute Gasteiger partial charge is 0.243 e. The quantitative estimate of drug-likeness (QED) is 0.702. The summed E-state index contributed by atoms with van der Waals surface area (Å²) in [4.78, 5) is 4.90. The summed E-state index contributed by atoms with van der Waals surface area (Å²) < 4.78 is 27.3. The van der Waals surface area contributed by atoms with Crippen LogP contribution < -0.4 is 0 Å². The van der Waals surface area contributed by atoms with Crippen molar-refractivity contribution in [1.29, 1.82) is 0 Å². The van der Waals surface area contributed by atoms with Crippen molar-refractivity contribution in [3.63, 3.8) is 0 Å². The minimum Gasteiger partial charge on any atom is -0.256 e. The van der Waals surface area contributed by atoms with Gasteiger partial charge in [0.25, 0.3) is 0 Å². The Labute approximate surface area is 163 Å². The Bertz CT molecular complexity index is 900. The fourth-order valence-corrected chi connectivity index (χ4v) is 5.19. The monoisotopic (exact) mass is 384 g/mol. The van der Waals surface area contributed by atoms with E-state index in [4.69, 9.17) is 0 Å². The van der Waals surface area contributed by atoms with Crippen LogP contribution in [0.3, 0.4) is 0 Å². The molecule has 0 spiro atoms. The topological polar surface area (TPSA) is 49.7 Å². The Balaban J connectivity index is 1.79. The summed E-state index contributed by atoms with van der Waals surface area (Å²) in [5.41, 5.74) is 5.49. The predicted octanol–water partition coefficient (Wildman–Crippen LogP) is 4.93. The summed E-state index contributed by atoms with van der Waals surface area (Å²) in [6.07, 6.45) is 5.96. The van der Waals surface area contributed by atoms with Crippen molar-refractivity contribution in [2.75, 3.05) is 13.1 Å².